The van der Waals surface area contributed by atoms with Crippen molar-refractivity contribution in [2.75, 3.05) is 29.4 Å². The topological polar surface area (TPSA) is 172 Å². The molecule has 3 heterocycles. The lowest BCUT2D eigenvalue weighted by Crippen LogP contribution is -2.41. The number of nitrogens with two attached hydrogens (primary N) is 1. The normalized spacial score (nSPS) is 21.9. The summed E-state index contributed by atoms with van der Waals surface area (Å²) < 4.78 is 8.59. The van der Waals surface area contributed by atoms with Gasteiger partial charge in [0.15, 0.2) is 23.2 Å². The Balaban J connectivity index is 0.00000400. The van der Waals surface area contributed by atoms with Gasteiger partial charge in [-0.15, -0.1) is 12.4 Å². The van der Waals surface area contributed by atoms with Crippen molar-refractivity contribution in [3.63, 3.8) is 0 Å². The summed E-state index contributed by atoms with van der Waals surface area (Å²) in [4.78, 5) is 26.2. The van der Waals surface area contributed by atoms with Gasteiger partial charge in [-0.3, -0.25) is 14.3 Å². The predicted octanol–water partition coefficient (Wildman–Crippen LogP) is 1.41. The molecule has 38 heavy (non-hydrogen) atoms. The highest BCUT2D eigenvalue weighted by atomic mass is 127. The number of hydrogen-bond donors (Lipinski definition) is 5. The number of carbonyl (C=O) groups is 1. The molecule has 4 rings (SSSR count). The lowest BCUT2D eigenvalue weighted by atomic mass is 10.1. The lowest BCUT2D eigenvalue weighted by molar-refractivity contribution is -0.138. The quantitative estimate of drug-likeness (QED) is 0.133. The van der Waals surface area contributed by atoms with E-state index in [1.54, 1.807) is 4.57 Å². The summed E-state index contributed by atoms with van der Waals surface area (Å²) in [6.07, 6.45) is 0.0979. The Morgan fingerprint density at radius 1 is 1.18 bits per heavy atom. The van der Waals surface area contributed by atoms with Gasteiger partial charge in [0.05, 0.1) is 6.33 Å². The number of aliphatic carboxylic acids is 1. The molecule has 1 fully saturated rings. The highest BCUT2D eigenvalue weighted by Gasteiger charge is 2.44. The molecule has 5 atom stereocenters. The van der Waals surface area contributed by atoms with Crippen LogP contribution < -0.4 is 11.1 Å². The molecule has 12 nitrogen and oxygen atoms in total. The summed E-state index contributed by atoms with van der Waals surface area (Å²) in [6.45, 7) is 2.28. The number of imidazole rings is 1. The van der Waals surface area contributed by atoms with Crippen LogP contribution >= 0.6 is 35.0 Å². The fraction of sp³-hybridized carbons (Fsp3) is 0.500. The largest absolute Gasteiger partial charge is 0.480 e. The van der Waals surface area contributed by atoms with E-state index in [2.05, 4.69) is 47.8 Å². The van der Waals surface area contributed by atoms with E-state index in [1.165, 1.54) is 12.7 Å². The predicted molar refractivity (Wildman–Crippen MR) is 152 cm³/mol. The highest BCUT2D eigenvalue weighted by molar-refractivity contribution is 14.1. The zero-order valence-corrected chi connectivity index (χ0v) is 23.6. The van der Waals surface area contributed by atoms with Crippen LogP contribution in [0, 0.1) is 0 Å². The summed E-state index contributed by atoms with van der Waals surface area (Å²) in [5.74, 6) is -0.458. The minimum atomic E-state index is -1.18. The van der Waals surface area contributed by atoms with E-state index in [0.717, 1.165) is 16.5 Å². The number of aliphatic hydroxyl groups is 2. The average Bonchev–Trinajstić information content (AvgIpc) is 3.44. The number of aliphatic hydroxyl groups excluding tert-OH is 2. The molecule has 1 aliphatic heterocycles. The SMILES string of the molecule is Cl.N[C@@H](CCCN(CCI)C[C@H]1O[C@@H](n2cnc3c(NCc4ccccc4)ncnc32)[C@H](O)[C@@H]1O)C(=O)O. The first-order chi connectivity index (χ1) is 17.9. The summed E-state index contributed by atoms with van der Waals surface area (Å²) in [5, 5.41) is 33.9. The molecule has 0 bridgehead atoms. The molecule has 0 aliphatic carbocycles. The van der Waals surface area contributed by atoms with Gasteiger partial charge < -0.3 is 31.1 Å². The third-order valence-corrected chi connectivity index (χ3v) is 6.90. The van der Waals surface area contributed by atoms with E-state index in [4.69, 9.17) is 15.6 Å². The van der Waals surface area contributed by atoms with Crippen molar-refractivity contribution in [1.82, 2.24) is 24.4 Å². The zero-order chi connectivity index (χ0) is 26.4. The molecule has 0 unspecified atom stereocenters. The number of alkyl halides is 1. The van der Waals surface area contributed by atoms with Crippen molar-refractivity contribution < 1.29 is 24.9 Å². The number of fused-ring (bicyclic) bond motifs is 1. The highest BCUT2D eigenvalue weighted by Crippen LogP contribution is 2.32. The zero-order valence-electron chi connectivity index (χ0n) is 20.6. The molecule has 1 aliphatic rings. The average molecular weight is 662 g/mol. The van der Waals surface area contributed by atoms with E-state index in [-0.39, 0.29) is 12.4 Å². The smallest absolute Gasteiger partial charge is 0.320 e. The molecule has 1 aromatic carbocycles. The van der Waals surface area contributed by atoms with Gasteiger partial charge in [0.1, 0.15) is 30.7 Å². The van der Waals surface area contributed by atoms with Crippen LogP contribution in [-0.2, 0) is 16.1 Å². The number of aromatic nitrogens is 4. The Morgan fingerprint density at radius 2 is 1.95 bits per heavy atom. The second-order valence-electron chi connectivity index (χ2n) is 9.01. The second kappa shape index (κ2) is 14.3. The molecule has 1 saturated heterocycles. The first-order valence-corrected chi connectivity index (χ1v) is 13.6. The van der Waals surface area contributed by atoms with Gasteiger partial charge in [0.25, 0.3) is 0 Å². The van der Waals surface area contributed by atoms with Crippen molar-refractivity contribution in [2.24, 2.45) is 5.73 Å². The minimum absolute atomic E-state index is 0. The summed E-state index contributed by atoms with van der Waals surface area (Å²) in [5.41, 5.74) is 7.73. The molecule has 0 radical (unpaired) electrons. The third kappa shape index (κ3) is 7.28. The van der Waals surface area contributed by atoms with Crippen LogP contribution in [0.15, 0.2) is 43.0 Å². The van der Waals surface area contributed by atoms with Crippen molar-refractivity contribution in [3.05, 3.63) is 48.5 Å². The first-order valence-electron chi connectivity index (χ1n) is 12.1. The van der Waals surface area contributed by atoms with Crippen LogP contribution in [0.3, 0.4) is 0 Å². The molecule has 2 aromatic heterocycles. The van der Waals surface area contributed by atoms with E-state index >= 15 is 0 Å². The van der Waals surface area contributed by atoms with Gasteiger partial charge in [-0.2, -0.15) is 0 Å². The summed E-state index contributed by atoms with van der Waals surface area (Å²) >= 11 is 2.26. The van der Waals surface area contributed by atoms with Gasteiger partial charge in [0, 0.05) is 24.1 Å². The number of benzene rings is 1. The molecule has 3 aromatic rings. The number of rotatable bonds is 13. The Labute approximate surface area is 240 Å². The molecule has 0 amide bonds. The van der Waals surface area contributed by atoms with Crippen LogP contribution in [0.25, 0.3) is 11.2 Å². The maximum atomic E-state index is 11.0. The molecular formula is C24H33ClIN7O5. The van der Waals surface area contributed by atoms with Gasteiger partial charge in [-0.25, -0.2) is 15.0 Å². The van der Waals surface area contributed by atoms with Crippen LogP contribution in [0.5, 0.6) is 0 Å². The molecule has 0 spiro atoms. The fourth-order valence-corrected chi connectivity index (χ4v) is 5.07. The molecule has 0 saturated carbocycles. The summed E-state index contributed by atoms with van der Waals surface area (Å²) in [7, 11) is 0. The number of carboxylic acids is 1. The number of carboxylic acid groups (broad SMARTS) is 1. The van der Waals surface area contributed by atoms with Gasteiger partial charge >= 0.3 is 5.97 Å². The Morgan fingerprint density at radius 3 is 2.66 bits per heavy atom. The number of nitrogens with one attached hydrogen (secondary N) is 1. The molecular weight excluding hydrogens is 629 g/mol. The van der Waals surface area contributed by atoms with Crippen molar-refractivity contribution in [3.8, 4) is 0 Å². The summed E-state index contributed by atoms with van der Waals surface area (Å²) in [6, 6.07) is 9.01. The minimum Gasteiger partial charge on any atom is -0.480 e. The van der Waals surface area contributed by atoms with Gasteiger partial charge in [-0.1, -0.05) is 52.9 Å². The molecule has 208 valence electrons. The second-order valence-corrected chi connectivity index (χ2v) is 10.1. The van der Waals surface area contributed by atoms with Gasteiger partial charge in [0.2, 0.25) is 0 Å². The van der Waals surface area contributed by atoms with E-state index < -0.39 is 36.6 Å². The van der Waals surface area contributed by atoms with E-state index in [9.17, 15) is 15.0 Å². The maximum Gasteiger partial charge on any atom is 0.320 e. The van der Waals surface area contributed by atoms with E-state index in [1.807, 2.05) is 30.3 Å². The Hall–Kier alpha value is -2.14. The van der Waals surface area contributed by atoms with Crippen LogP contribution in [-0.4, -0.2) is 94.1 Å². The van der Waals surface area contributed by atoms with Crippen LogP contribution in [0.1, 0.15) is 24.6 Å². The molecule has 14 heteroatoms. The maximum absolute atomic E-state index is 11.0. The third-order valence-electron chi connectivity index (χ3n) is 6.42. The van der Waals surface area contributed by atoms with Crippen molar-refractivity contribution in [2.45, 2.75) is 50.0 Å². The monoisotopic (exact) mass is 661 g/mol. The van der Waals surface area contributed by atoms with Gasteiger partial charge in [-0.05, 0) is 24.9 Å². The standard InChI is InChI=1S/C24H32IN7O5.ClH/c25-8-10-31(9-4-7-16(26)24(35)36)12-17-19(33)20(34)23(37-17)32-14-30-18-21(28-13-29-22(18)32)27-11-15-5-2-1-3-6-15;/h1-3,5-6,13-14,16-17,19-20,23,33-34H,4,7-12,26H2,(H,35,36)(H,27,28,29);1H/t16-,17+,19+,20+,23+;/m0./s1. The Bertz CT molecular complexity index is 1170. The number of anilines is 1. The van der Waals surface area contributed by atoms with Crippen LogP contribution in [0.2, 0.25) is 0 Å². The van der Waals surface area contributed by atoms with Crippen molar-refractivity contribution in [1.29, 1.82) is 0 Å². The first kappa shape index (κ1) is 30.4. The number of halogens is 2. The number of hydrogen-bond acceptors (Lipinski definition) is 10. The molecule has 6 N–H and O–H groups in total. The number of nitrogens with zero attached hydrogens (tertiary/aromatic N) is 5. The lowest BCUT2D eigenvalue weighted by Gasteiger charge is -2.26. The van der Waals surface area contributed by atoms with E-state index in [0.29, 0.717) is 49.5 Å². The Kier molecular flexibility index (Phi) is 11.4. The van der Waals surface area contributed by atoms with Crippen LogP contribution in [0.4, 0.5) is 5.82 Å². The number of ether oxygens (including phenoxy) is 1. The fourth-order valence-electron chi connectivity index (χ4n) is 4.39. The van der Waals surface area contributed by atoms with Crippen molar-refractivity contribution >= 4 is 57.9 Å².